The van der Waals surface area contributed by atoms with Gasteiger partial charge >= 0.3 is 11.9 Å². The molecule has 2 unspecified atom stereocenters. The summed E-state index contributed by atoms with van der Waals surface area (Å²) < 4.78 is 34.2. The highest BCUT2D eigenvalue weighted by molar-refractivity contribution is 7.45. The van der Waals surface area contributed by atoms with Crippen LogP contribution in [0.5, 0.6) is 0 Å². The Hall–Kier alpha value is -2.81. The molecule has 0 fully saturated rings. The molecule has 0 aliphatic rings. The van der Waals surface area contributed by atoms with Crippen LogP contribution in [0.25, 0.3) is 0 Å². The Morgan fingerprint density at radius 2 is 0.648 bits per heavy atom. The van der Waals surface area contributed by atoms with Crippen molar-refractivity contribution in [1.82, 2.24) is 0 Å². The van der Waals surface area contributed by atoms with E-state index in [1.807, 2.05) is 27.2 Å². The van der Waals surface area contributed by atoms with Gasteiger partial charge in [-0.1, -0.05) is 356 Å². The number of phosphoric ester groups is 1. The molecular weight excluding hydrogens is 1110 g/mol. The van der Waals surface area contributed by atoms with E-state index < -0.39 is 32.5 Å². The van der Waals surface area contributed by atoms with Crippen molar-refractivity contribution in [3.05, 3.63) is 85.1 Å². The van der Waals surface area contributed by atoms with Crippen molar-refractivity contribution < 1.29 is 42.1 Å². The van der Waals surface area contributed by atoms with Gasteiger partial charge in [-0.15, -0.1) is 0 Å². The quantitative estimate of drug-likeness (QED) is 0.0195. The molecule has 512 valence electrons. The van der Waals surface area contributed by atoms with Crippen LogP contribution in [0.3, 0.4) is 0 Å². The third kappa shape index (κ3) is 72.3. The number of esters is 2. The number of phosphoric acid groups is 1. The van der Waals surface area contributed by atoms with Gasteiger partial charge in [0, 0.05) is 12.8 Å². The van der Waals surface area contributed by atoms with Crippen LogP contribution in [0, 0.1) is 0 Å². The summed E-state index contributed by atoms with van der Waals surface area (Å²) in [7, 11) is 1.13. The van der Waals surface area contributed by atoms with Crippen LogP contribution in [0.4, 0.5) is 0 Å². The minimum absolute atomic E-state index is 0.0445. The third-order valence-corrected chi connectivity index (χ3v) is 17.4. The summed E-state index contributed by atoms with van der Waals surface area (Å²) in [6, 6.07) is 0. The molecule has 88 heavy (non-hydrogen) atoms. The lowest BCUT2D eigenvalue weighted by molar-refractivity contribution is -0.870. The number of allylic oxidation sites excluding steroid dienone is 14. The topological polar surface area (TPSA) is 111 Å². The van der Waals surface area contributed by atoms with E-state index in [1.54, 1.807) is 0 Å². The fraction of sp³-hybridized carbons (Fsp3) is 0.795. The normalized spacial score (nSPS) is 13.6. The molecule has 0 aromatic heterocycles. The first-order valence-electron chi connectivity index (χ1n) is 37.3. The molecule has 10 heteroatoms. The molecule has 0 saturated carbocycles. The first-order chi connectivity index (χ1) is 43.0. The summed E-state index contributed by atoms with van der Waals surface area (Å²) in [5.41, 5.74) is 0. The molecule has 2 atom stereocenters. The van der Waals surface area contributed by atoms with E-state index in [4.69, 9.17) is 18.5 Å². The van der Waals surface area contributed by atoms with Crippen LogP contribution >= 0.6 is 7.82 Å². The van der Waals surface area contributed by atoms with Crippen molar-refractivity contribution in [1.29, 1.82) is 0 Å². The summed E-state index contributed by atoms with van der Waals surface area (Å²) in [6.45, 7) is 4.10. The second-order valence-electron chi connectivity index (χ2n) is 26.3. The molecule has 0 N–H and O–H groups in total. The second kappa shape index (κ2) is 68.6. The zero-order valence-electron chi connectivity index (χ0n) is 58.4. The predicted octanol–water partition coefficient (Wildman–Crippen LogP) is 23.9. The van der Waals surface area contributed by atoms with Gasteiger partial charge in [0.25, 0.3) is 7.82 Å². The van der Waals surface area contributed by atoms with Gasteiger partial charge in [0.2, 0.25) is 0 Å². The number of unbranched alkanes of at least 4 members (excludes halogenated alkanes) is 41. The zero-order chi connectivity index (χ0) is 64.1. The molecule has 0 rings (SSSR count). The first kappa shape index (κ1) is 85.2. The number of nitrogens with zero attached hydrogens (tertiary/aromatic N) is 1. The maximum absolute atomic E-state index is 12.8. The highest BCUT2D eigenvalue weighted by Crippen LogP contribution is 2.38. The van der Waals surface area contributed by atoms with E-state index in [9.17, 15) is 19.0 Å². The Bertz CT molecular complexity index is 1760. The lowest BCUT2D eigenvalue weighted by Crippen LogP contribution is -2.37. The van der Waals surface area contributed by atoms with Gasteiger partial charge in [-0.3, -0.25) is 14.2 Å². The molecular formula is C78H142NO8P. The van der Waals surface area contributed by atoms with Crippen molar-refractivity contribution >= 4 is 19.8 Å². The zero-order valence-corrected chi connectivity index (χ0v) is 59.3. The summed E-state index contributed by atoms with van der Waals surface area (Å²) in [5.74, 6) is -0.895. The van der Waals surface area contributed by atoms with Gasteiger partial charge in [-0.05, 0) is 64.2 Å². The van der Waals surface area contributed by atoms with Gasteiger partial charge < -0.3 is 27.9 Å². The smallest absolute Gasteiger partial charge is 0.306 e. The van der Waals surface area contributed by atoms with Crippen LogP contribution in [-0.2, 0) is 32.7 Å². The third-order valence-electron chi connectivity index (χ3n) is 16.4. The fourth-order valence-electron chi connectivity index (χ4n) is 10.8. The highest BCUT2D eigenvalue weighted by Gasteiger charge is 2.22. The van der Waals surface area contributed by atoms with Crippen molar-refractivity contribution in [2.75, 3.05) is 47.5 Å². The monoisotopic (exact) mass is 1250 g/mol. The Kier molecular flexibility index (Phi) is 66.4. The van der Waals surface area contributed by atoms with Gasteiger partial charge in [0.15, 0.2) is 6.10 Å². The largest absolute Gasteiger partial charge is 0.756 e. The molecule has 0 radical (unpaired) electrons. The molecule has 0 bridgehead atoms. The predicted molar refractivity (Wildman–Crippen MR) is 379 cm³/mol. The molecule has 0 aliphatic carbocycles. The van der Waals surface area contributed by atoms with E-state index in [-0.39, 0.29) is 26.1 Å². The molecule has 0 amide bonds. The van der Waals surface area contributed by atoms with Crippen molar-refractivity contribution in [2.24, 2.45) is 0 Å². The van der Waals surface area contributed by atoms with Crippen LogP contribution < -0.4 is 4.89 Å². The highest BCUT2D eigenvalue weighted by atomic mass is 31.2. The minimum atomic E-state index is -4.66. The van der Waals surface area contributed by atoms with E-state index >= 15 is 0 Å². The maximum atomic E-state index is 12.8. The SMILES string of the molecule is CC/C=C\C/C=C\C/C=C\C/C=C\C/C=C\C/C=C\C/C=C\CCCC(=O)OC(COC(=O)CCCCCCCCCCCCCCCCCCCCCCCCCCCCCCCCCCCCCCCCCCC)COP(=O)([O-])OCC[N+](C)(C)C. The maximum Gasteiger partial charge on any atom is 0.306 e. The molecule has 0 saturated heterocycles. The summed E-state index contributed by atoms with van der Waals surface area (Å²) in [6.07, 6.45) is 94.4. The molecule has 0 aromatic rings. The lowest BCUT2D eigenvalue weighted by Gasteiger charge is -2.28. The number of carbonyl (C=O) groups is 2. The van der Waals surface area contributed by atoms with Crippen molar-refractivity contribution in [2.45, 2.75) is 354 Å². The van der Waals surface area contributed by atoms with Crippen molar-refractivity contribution in [3.63, 3.8) is 0 Å². The Morgan fingerprint density at radius 3 is 0.955 bits per heavy atom. The molecule has 9 nitrogen and oxygen atoms in total. The molecule has 0 aromatic carbocycles. The molecule has 0 spiro atoms. The van der Waals surface area contributed by atoms with Gasteiger partial charge in [-0.25, -0.2) is 0 Å². The minimum Gasteiger partial charge on any atom is -0.756 e. The lowest BCUT2D eigenvalue weighted by atomic mass is 10.0. The van der Waals surface area contributed by atoms with Crippen LogP contribution in [-0.4, -0.2) is 70.0 Å². The first-order valence-corrected chi connectivity index (χ1v) is 38.8. The van der Waals surface area contributed by atoms with Crippen LogP contribution in [0.15, 0.2) is 85.1 Å². The number of rotatable bonds is 69. The van der Waals surface area contributed by atoms with Crippen LogP contribution in [0.2, 0.25) is 0 Å². The summed E-state index contributed by atoms with van der Waals surface area (Å²) in [5, 5.41) is 0. The van der Waals surface area contributed by atoms with E-state index in [1.165, 1.54) is 244 Å². The van der Waals surface area contributed by atoms with E-state index in [2.05, 4.69) is 92.8 Å². The number of carbonyl (C=O) groups excluding carboxylic acids is 2. The Balaban J connectivity index is 3.94. The average Bonchev–Trinajstić information content (AvgIpc) is 3.68. The van der Waals surface area contributed by atoms with Crippen molar-refractivity contribution in [3.8, 4) is 0 Å². The summed E-state index contributed by atoms with van der Waals surface area (Å²) >= 11 is 0. The Morgan fingerprint density at radius 1 is 0.364 bits per heavy atom. The van der Waals surface area contributed by atoms with Gasteiger partial charge in [0.1, 0.15) is 19.8 Å². The number of likely N-dealkylation sites (N-methyl/N-ethyl adjacent to an activating group) is 1. The summed E-state index contributed by atoms with van der Waals surface area (Å²) in [4.78, 5) is 38.0. The molecule has 0 heterocycles. The van der Waals surface area contributed by atoms with Gasteiger partial charge in [-0.2, -0.15) is 0 Å². The second-order valence-corrected chi connectivity index (χ2v) is 27.7. The number of hydrogen-bond donors (Lipinski definition) is 0. The average molecular weight is 1250 g/mol. The van der Waals surface area contributed by atoms with Gasteiger partial charge in [0.05, 0.1) is 27.7 Å². The van der Waals surface area contributed by atoms with Crippen LogP contribution in [0.1, 0.15) is 348 Å². The standard InChI is InChI=1S/C78H142NO8P/c1-6-8-10-12-14-16-18-20-22-24-26-28-30-31-32-33-34-35-36-37-38-39-40-41-42-43-44-45-46-47-49-50-52-54-56-58-60-62-64-66-68-70-77(80)84-74-76(75-86-88(82,83)85-73-72-79(3,4)5)87-78(81)71-69-67-65-63-61-59-57-55-53-51-48-29-27-25-23-21-19-17-15-13-11-9-7-2/h9,11,15,17,21,23,27,29,51,53,57,59,63,65,76H,6-8,10,12-14,16,18-20,22,24-26,28,30-50,52,54-56,58,60-62,64,66-75H2,1-5H3/b11-9-,17-15-,23-21-,29-27-,53-51-,59-57-,65-63-. The number of ether oxygens (including phenoxy) is 2. The molecule has 0 aliphatic heterocycles. The number of hydrogen-bond acceptors (Lipinski definition) is 8. The fourth-order valence-corrected chi connectivity index (χ4v) is 11.5. The van der Waals surface area contributed by atoms with E-state index in [0.717, 1.165) is 64.2 Å². The Labute approximate surface area is 545 Å². The number of quaternary nitrogens is 1. The van der Waals surface area contributed by atoms with E-state index in [0.29, 0.717) is 23.9 Å².